The van der Waals surface area contributed by atoms with Gasteiger partial charge in [-0.15, -0.1) is 0 Å². The number of hydrogen-bond donors (Lipinski definition) is 2. The number of ether oxygens (including phenoxy) is 1. The van der Waals surface area contributed by atoms with Crippen molar-refractivity contribution in [3.05, 3.63) is 23.8 Å². The second-order valence-electron chi connectivity index (χ2n) is 4.07. The summed E-state index contributed by atoms with van der Waals surface area (Å²) in [6, 6.07) is 4.79. The van der Waals surface area contributed by atoms with Crippen LogP contribution in [0.3, 0.4) is 0 Å². The Labute approximate surface area is 100 Å². The van der Waals surface area contributed by atoms with Crippen molar-refractivity contribution in [1.82, 2.24) is 4.72 Å². The summed E-state index contributed by atoms with van der Waals surface area (Å²) in [7, 11) is -3.54. The summed E-state index contributed by atoms with van der Waals surface area (Å²) < 4.78 is 31.4. The molecule has 1 aromatic rings. The van der Waals surface area contributed by atoms with Crippen molar-refractivity contribution < 1.29 is 18.3 Å². The second kappa shape index (κ2) is 4.64. The van der Waals surface area contributed by atoms with Gasteiger partial charge < -0.3 is 9.84 Å². The molecule has 1 heterocycles. The number of benzene rings is 1. The van der Waals surface area contributed by atoms with Crippen LogP contribution in [0.1, 0.15) is 12.5 Å². The van der Waals surface area contributed by atoms with Crippen LogP contribution in [0.25, 0.3) is 0 Å². The van der Waals surface area contributed by atoms with Crippen LogP contribution in [0.5, 0.6) is 5.75 Å². The highest BCUT2D eigenvalue weighted by atomic mass is 32.2. The third-order valence-corrected chi connectivity index (χ3v) is 3.96. The Morgan fingerprint density at radius 2 is 2.29 bits per heavy atom. The minimum Gasteiger partial charge on any atom is -0.493 e. The number of sulfonamides is 1. The first kappa shape index (κ1) is 12.3. The molecule has 1 aliphatic rings. The molecular formula is C11H15NO4S. The molecule has 1 aromatic carbocycles. The van der Waals surface area contributed by atoms with Crippen LogP contribution in [0.15, 0.2) is 23.1 Å². The van der Waals surface area contributed by atoms with Crippen LogP contribution in [-0.4, -0.2) is 32.8 Å². The van der Waals surface area contributed by atoms with E-state index in [1.165, 1.54) is 13.0 Å². The van der Waals surface area contributed by atoms with Crippen LogP contribution in [0.4, 0.5) is 0 Å². The Kier molecular flexibility index (Phi) is 3.37. The molecule has 6 heteroatoms. The van der Waals surface area contributed by atoms with Gasteiger partial charge in [-0.25, -0.2) is 13.1 Å². The largest absolute Gasteiger partial charge is 0.493 e. The number of hydrogen-bond acceptors (Lipinski definition) is 4. The van der Waals surface area contributed by atoms with Crippen molar-refractivity contribution in [2.45, 2.75) is 24.3 Å². The van der Waals surface area contributed by atoms with E-state index in [0.29, 0.717) is 6.61 Å². The molecule has 0 amide bonds. The summed E-state index contributed by atoms with van der Waals surface area (Å²) in [5.41, 5.74) is 0.907. The minimum absolute atomic E-state index is 0.00984. The lowest BCUT2D eigenvalue weighted by Crippen LogP contribution is -2.30. The van der Waals surface area contributed by atoms with E-state index in [1.54, 1.807) is 12.1 Å². The van der Waals surface area contributed by atoms with Crippen molar-refractivity contribution in [3.8, 4) is 5.75 Å². The minimum atomic E-state index is -3.54. The van der Waals surface area contributed by atoms with Crippen molar-refractivity contribution in [1.29, 1.82) is 0 Å². The molecule has 0 bridgehead atoms. The standard InChI is InChI=1S/C11H15NO4S/c1-8(13)7-12-17(14,15)10-2-3-11-9(6-10)4-5-16-11/h2-3,6,8,12-13H,4-5,7H2,1H3. The van der Waals surface area contributed by atoms with E-state index < -0.39 is 16.1 Å². The van der Waals surface area contributed by atoms with Gasteiger partial charge in [0.25, 0.3) is 0 Å². The highest BCUT2D eigenvalue weighted by Gasteiger charge is 2.19. The molecule has 2 N–H and O–H groups in total. The fraction of sp³-hybridized carbons (Fsp3) is 0.455. The van der Waals surface area contributed by atoms with Crippen LogP contribution >= 0.6 is 0 Å². The third-order valence-electron chi connectivity index (χ3n) is 2.54. The summed E-state index contributed by atoms with van der Waals surface area (Å²) in [6.45, 7) is 2.13. The zero-order valence-electron chi connectivity index (χ0n) is 9.51. The molecule has 5 nitrogen and oxygen atoms in total. The van der Waals surface area contributed by atoms with Crippen LogP contribution in [0.2, 0.25) is 0 Å². The highest BCUT2D eigenvalue weighted by molar-refractivity contribution is 7.89. The van der Waals surface area contributed by atoms with Crippen LogP contribution in [0, 0.1) is 0 Å². The number of aliphatic hydroxyl groups is 1. The van der Waals surface area contributed by atoms with Gasteiger partial charge in [0.15, 0.2) is 0 Å². The first-order valence-electron chi connectivity index (χ1n) is 5.42. The Bertz CT molecular complexity index is 510. The third kappa shape index (κ3) is 2.77. The van der Waals surface area contributed by atoms with Gasteiger partial charge >= 0.3 is 0 Å². The smallest absolute Gasteiger partial charge is 0.240 e. The molecule has 94 valence electrons. The Hall–Kier alpha value is -1.11. The number of aliphatic hydroxyl groups excluding tert-OH is 1. The first-order chi connectivity index (χ1) is 7.99. The van der Waals surface area contributed by atoms with Crippen LogP contribution < -0.4 is 9.46 Å². The van der Waals surface area contributed by atoms with Gasteiger partial charge in [-0.2, -0.15) is 0 Å². The fourth-order valence-corrected chi connectivity index (χ4v) is 2.82. The SMILES string of the molecule is CC(O)CNS(=O)(=O)c1ccc2c(c1)CCO2. The molecular weight excluding hydrogens is 242 g/mol. The highest BCUT2D eigenvalue weighted by Crippen LogP contribution is 2.27. The van der Waals surface area contributed by atoms with Crippen LogP contribution in [-0.2, 0) is 16.4 Å². The first-order valence-corrected chi connectivity index (χ1v) is 6.91. The average Bonchev–Trinajstić information content (AvgIpc) is 2.73. The van der Waals surface area contributed by atoms with E-state index >= 15 is 0 Å². The molecule has 0 fully saturated rings. The Balaban J connectivity index is 2.22. The van der Waals surface area contributed by atoms with E-state index in [-0.39, 0.29) is 11.4 Å². The maximum atomic E-state index is 11.9. The van der Waals surface area contributed by atoms with Gasteiger partial charge in [-0.1, -0.05) is 0 Å². The Morgan fingerprint density at radius 1 is 1.53 bits per heavy atom. The molecule has 1 atom stereocenters. The predicted octanol–water partition coefficient (Wildman–Crippen LogP) is 0.281. The van der Waals surface area contributed by atoms with Crippen molar-refractivity contribution in [2.24, 2.45) is 0 Å². The monoisotopic (exact) mass is 257 g/mol. The van der Waals surface area contributed by atoms with E-state index in [4.69, 9.17) is 9.84 Å². The molecule has 17 heavy (non-hydrogen) atoms. The zero-order valence-corrected chi connectivity index (χ0v) is 10.3. The van der Waals surface area contributed by atoms with Gasteiger partial charge in [0.1, 0.15) is 5.75 Å². The topological polar surface area (TPSA) is 75.6 Å². The summed E-state index contributed by atoms with van der Waals surface area (Å²) in [4.78, 5) is 0.211. The normalized spacial score (nSPS) is 16.4. The van der Waals surface area contributed by atoms with E-state index in [9.17, 15) is 8.42 Å². The lowest BCUT2D eigenvalue weighted by atomic mass is 10.2. The molecule has 0 spiro atoms. The summed E-state index contributed by atoms with van der Waals surface area (Å²) in [5.74, 6) is 0.750. The van der Waals surface area contributed by atoms with Gasteiger partial charge in [-0.05, 0) is 30.7 Å². The molecule has 0 aliphatic carbocycles. The predicted molar refractivity (Wildman–Crippen MR) is 62.5 cm³/mol. The van der Waals surface area contributed by atoms with Crippen molar-refractivity contribution in [2.75, 3.05) is 13.2 Å². The summed E-state index contributed by atoms with van der Waals surface area (Å²) >= 11 is 0. The van der Waals surface area contributed by atoms with E-state index in [0.717, 1.165) is 17.7 Å². The molecule has 0 saturated carbocycles. The molecule has 1 aliphatic heterocycles. The lowest BCUT2D eigenvalue weighted by Gasteiger charge is -2.09. The van der Waals surface area contributed by atoms with Crippen molar-refractivity contribution in [3.63, 3.8) is 0 Å². The maximum Gasteiger partial charge on any atom is 0.240 e. The molecule has 0 aromatic heterocycles. The second-order valence-corrected chi connectivity index (χ2v) is 5.84. The van der Waals surface area contributed by atoms with E-state index in [1.807, 2.05) is 0 Å². The van der Waals surface area contributed by atoms with Gasteiger partial charge in [0.05, 0.1) is 17.6 Å². The molecule has 0 saturated heterocycles. The maximum absolute atomic E-state index is 11.9. The quantitative estimate of drug-likeness (QED) is 0.812. The van der Waals surface area contributed by atoms with E-state index in [2.05, 4.69) is 4.72 Å². The molecule has 1 unspecified atom stereocenters. The number of nitrogens with one attached hydrogen (secondary N) is 1. The van der Waals surface area contributed by atoms with Gasteiger partial charge in [0, 0.05) is 13.0 Å². The number of rotatable bonds is 4. The molecule has 0 radical (unpaired) electrons. The fourth-order valence-electron chi connectivity index (χ4n) is 1.64. The zero-order chi connectivity index (χ0) is 12.5. The summed E-state index contributed by atoms with van der Waals surface area (Å²) in [6.07, 6.45) is 0.0253. The number of fused-ring (bicyclic) bond motifs is 1. The Morgan fingerprint density at radius 3 is 3.00 bits per heavy atom. The molecule has 2 rings (SSSR count). The lowest BCUT2D eigenvalue weighted by molar-refractivity contribution is 0.198. The van der Waals surface area contributed by atoms with Gasteiger partial charge in [0.2, 0.25) is 10.0 Å². The van der Waals surface area contributed by atoms with Gasteiger partial charge in [-0.3, -0.25) is 0 Å². The summed E-state index contributed by atoms with van der Waals surface area (Å²) in [5, 5.41) is 9.07. The average molecular weight is 257 g/mol. The van der Waals surface area contributed by atoms with Crippen molar-refractivity contribution >= 4 is 10.0 Å².